The maximum atomic E-state index is 9.10. The Morgan fingerprint density at radius 1 is 1.16 bits per heavy atom. The van der Waals surface area contributed by atoms with Crippen LogP contribution < -0.4 is 0 Å². The Balaban J connectivity index is 0.000000501. The van der Waals surface area contributed by atoms with E-state index in [-0.39, 0.29) is 9.83 Å². The monoisotopic (exact) mass is 538 g/mol. The standard InChI is InChI=1S/C17H15Cl3N2S3.C2H2O4/c1-23-17(13-4-7-24-16(13)20)25-15(9-22-6-5-21-10-22)12-3-2-11(18)8-14(12)19;3-1(4)2(5)6/h2-8,10,15,17H,9H2,1H3;(H,3,4)(H,5,6). The van der Waals surface area contributed by atoms with Crippen LogP contribution >= 0.6 is 69.7 Å². The number of hydrogen-bond donors (Lipinski definition) is 2. The van der Waals surface area contributed by atoms with E-state index in [1.54, 1.807) is 35.4 Å². The molecule has 0 fully saturated rings. The van der Waals surface area contributed by atoms with Crippen molar-refractivity contribution in [2.24, 2.45) is 0 Å². The number of carboxylic acids is 2. The van der Waals surface area contributed by atoms with Crippen LogP contribution in [0.2, 0.25) is 14.4 Å². The van der Waals surface area contributed by atoms with E-state index in [9.17, 15) is 0 Å². The van der Waals surface area contributed by atoms with Gasteiger partial charge in [0.25, 0.3) is 0 Å². The second-order valence-corrected chi connectivity index (χ2v) is 10.8. The smallest absolute Gasteiger partial charge is 0.414 e. The largest absolute Gasteiger partial charge is 0.473 e. The molecule has 31 heavy (non-hydrogen) atoms. The summed E-state index contributed by atoms with van der Waals surface area (Å²) in [6.45, 7) is 0.769. The fourth-order valence-corrected chi connectivity index (χ4v) is 6.86. The Morgan fingerprint density at radius 2 is 1.87 bits per heavy atom. The van der Waals surface area contributed by atoms with Crippen molar-refractivity contribution in [2.75, 3.05) is 6.26 Å². The molecule has 6 nitrogen and oxygen atoms in total. The highest BCUT2D eigenvalue weighted by Crippen LogP contribution is 2.50. The molecule has 0 bridgehead atoms. The molecule has 0 aliphatic rings. The number of aromatic nitrogens is 2. The summed E-state index contributed by atoms with van der Waals surface area (Å²) >= 11 is 24.1. The Hall–Kier alpha value is -1.36. The van der Waals surface area contributed by atoms with Crippen molar-refractivity contribution in [3.8, 4) is 0 Å². The van der Waals surface area contributed by atoms with Crippen molar-refractivity contribution in [1.82, 2.24) is 9.55 Å². The highest BCUT2D eigenvalue weighted by atomic mass is 35.5. The molecule has 3 rings (SSSR count). The lowest BCUT2D eigenvalue weighted by atomic mass is 10.1. The van der Waals surface area contributed by atoms with Crippen LogP contribution in [0.1, 0.15) is 21.0 Å². The van der Waals surface area contributed by atoms with Crippen LogP contribution in [-0.4, -0.2) is 38.0 Å². The summed E-state index contributed by atoms with van der Waals surface area (Å²) in [5.41, 5.74) is 2.22. The molecule has 0 radical (unpaired) electrons. The van der Waals surface area contributed by atoms with Crippen molar-refractivity contribution < 1.29 is 19.8 Å². The van der Waals surface area contributed by atoms with E-state index in [2.05, 4.69) is 21.9 Å². The number of carboxylic acid groups (broad SMARTS) is 2. The van der Waals surface area contributed by atoms with Gasteiger partial charge in [-0.3, -0.25) is 0 Å². The van der Waals surface area contributed by atoms with E-state index < -0.39 is 11.9 Å². The molecular formula is C19H17Cl3N2O4S3. The van der Waals surface area contributed by atoms with Crippen LogP contribution in [0, 0.1) is 0 Å². The molecule has 1 aromatic carbocycles. The Morgan fingerprint density at radius 3 is 2.35 bits per heavy atom. The summed E-state index contributed by atoms with van der Waals surface area (Å²) in [7, 11) is 0. The van der Waals surface area contributed by atoms with Crippen molar-refractivity contribution in [3.63, 3.8) is 0 Å². The Kier molecular flexibility index (Phi) is 10.5. The zero-order valence-electron chi connectivity index (χ0n) is 15.9. The number of halogens is 3. The third-order valence-electron chi connectivity index (χ3n) is 3.83. The summed E-state index contributed by atoms with van der Waals surface area (Å²) in [5, 5.41) is 18.3. The first-order chi connectivity index (χ1) is 14.7. The lowest BCUT2D eigenvalue weighted by Gasteiger charge is -2.24. The van der Waals surface area contributed by atoms with Crippen LogP contribution in [0.3, 0.4) is 0 Å². The summed E-state index contributed by atoms with van der Waals surface area (Å²) in [6, 6.07) is 7.78. The van der Waals surface area contributed by atoms with Crippen LogP contribution in [0.5, 0.6) is 0 Å². The van der Waals surface area contributed by atoms with Gasteiger partial charge < -0.3 is 14.8 Å². The Bertz CT molecular complexity index is 1000. The molecule has 2 atom stereocenters. The highest BCUT2D eigenvalue weighted by molar-refractivity contribution is 8.16. The minimum atomic E-state index is -1.82. The molecule has 2 heterocycles. The topological polar surface area (TPSA) is 92.4 Å². The summed E-state index contributed by atoms with van der Waals surface area (Å²) in [5.74, 6) is -3.65. The minimum absolute atomic E-state index is 0.146. The molecule has 166 valence electrons. The summed E-state index contributed by atoms with van der Waals surface area (Å²) in [6.07, 6.45) is 7.67. The molecule has 0 saturated carbocycles. The third kappa shape index (κ3) is 7.93. The fourth-order valence-electron chi connectivity index (χ4n) is 2.44. The van der Waals surface area contributed by atoms with Crippen LogP contribution in [0.25, 0.3) is 0 Å². The van der Waals surface area contributed by atoms with Crippen LogP contribution in [-0.2, 0) is 16.1 Å². The molecule has 2 aromatic heterocycles. The number of rotatable bonds is 7. The predicted octanol–water partition coefficient (Wildman–Crippen LogP) is 6.60. The van der Waals surface area contributed by atoms with Gasteiger partial charge in [-0.05, 0) is 35.4 Å². The number of aliphatic carboxylic acids is 2. The van der Waals surface area contributed by atoms with Gasteiger partial charge in [-0.2, -0.15) is 0 Å². The van der Waals surface area contributed by atoms with E-state index in [4.69, 9.17) is 54.6 Å². The van der Waals surface area contributed by atoms with E-state index in [1.165, 1.54) is 0 Å². The molecule has 2 unspecified atom stereocenters. The number of thiophene rings is 1. The third-order valence-corrected chi connectivity index (χ3v) is 8.42. The highest BCUT2D eigenvalue weighted by Gasteiger charge is 2.24. The lowest BCUT2D eigenvalue weighted by molar-refractivity contribution is -0.159. The maximum Gasteiger partial charge on any atom is 0.414 e. The number of nitrogens with zero attached hydrogens (tertiary/aromatic N) is 2. The average molecular weight is 540 g/mol. The van der Waals surface area contributed by atoms with Crippen molar-refractivity contribution in [1.29, 1.82) is 0 Å². The van der Waals surface area contributed by atoms with Gasteiger partial charge >= 0.3 is 11.9 Å². The van der Waals surface area contributed by atoms with Gasteiger partial charge in [-0.1, -0.05) is 40.9 Å². The van der Waals surface area contributed by atoms with Crippen molar-refractivity contribution in [2.45, 2.75) is 16.4 Å². The second-order valence-electron chi connectivity index (χ2n) is 5.88. The minimum Gasteiger partial charge on any atom is -0.473 e. The molecule has 12 heteroatoms. The van der Waals surface area contributed by atoms with Gasteiger partial charge in [0.15, 0.2) is 0 Å². The lowest BCUT2D eigenvalue weighted by Crippen LogP contribution is -2.09. The number of thioether (sulfide) groups is 2. The van der Waals surface area contributed by atoms with Gasteiger partial charge in [0.2, 0.25) is 0 Å². The molecule has 0 aliphatic carbocycles. The summed E-state index contributed by atoms with van der Waals surface area (Å²) < 4.78 is 3.13. The number of imidazole rings is 1. The van der Waals surface area contributed by atoms with Crippen molar-refractivity contribution in [3.05, 3.63) is 73.9 Å². The van der Waals surface area contributed by atoms with Gasteiger partial charge in [-0.15, -0.1) is 34.9 Å². The van der Waals surface area contributed by atoms with Crippen molar-refractivity contribution >= 4 is 81.6 Å². The van der Waals surface area contributed by atoms with Gasteiger partial charge in [0.1, 0.15) is 0 Å². The van der Waals surface area contributed by atoms with E-state index >= 15 is 0 Å². The molecule has 2 N–H and O–H groups in total. The molecule has 3 aromatic rings. The zero-order valence-corrected chi connectivity index (χ0v) is 20.7. The van der Waals surface area contributed by atoms with Gasteiger partial charge in [0.05, 0.1) is 20.5 Å². The molecule has 0 saturated heterocycles. The maximum absolute atomic E-state index is 9.10. The number of benzene rings is 1. The Labute approximate surface area is 206 Å². The van der Waals surface area contributed by atoms with Gasteiger partial charge in [-0.25, -0.2) is 14.6 Å². The first-order valence-corrected chi connectivity index (χ1v) is 12.7. The van der Waals surface area contributed by atoms with E-state index in [0.717, 1.165) is 22.0 Å². The van der Waals surface area contributed by atoms with Gasteiger partial charge in [0, 0.05) is 34.5 Å². The van der Waals surface area contributed by atoms with E-state index in [0.29, 0.717) is 10.0 Å². The number of carbonyl (C=O) groups is 2. The first-order valence-electron chi connectivity index (χ1n) is 8.51. The molecule has 0 aliphatic heterocycles. The normalized spacial score (nSPS) is 12.5. The van der Waals surface area contributed by atoms with Crippen LogP contribution in [0.4, 0.5) is 0 Å². The molecule has 0 amide bonds. The quantitative estimate of drug-likeness (QED) is 0.258. The fraction of sp³-hybridized carbons (Fsp3) is 0.211. The second kappa shape index (κ2) is 12.6. The first kappa shape index (κ1) is 25.9. The summed E-state index contributed by atoms with van der Waals surface area (Å²) in [4.78, 5) is 22.3. The average Bonchev–Trinajstić information content (AvgIpc) is 3.37. The zero-order chi connectivity index (χ0) is 23.0. The number of hydrogen-bond acceptors (Lipinski definition) is 6. The molecule has 0 spiro atoms. The molecular weight excluding hydrogens is 523 g/mol. The SMILES string of the molecule is CSC(SC(Cn1ccnc1)c1ccc(Cl)cc1Cl)c1ccsc1Cl.O=C(O)C(=O)O. The predicted molar refractivity (Wildman–Crippen MR) is 130 cm³/mol. The van der Waals surface area contributed by atoms with Crippen LogP contribution in [0.15, 0.2) is 48.4 Å². The van der Waals surface area contributed by atoms with E-state index in [1.807, 2.05) is 41.8 Å².